The molecule has 0 radical (unpaired) electrons. The van der Waals surface area contributed by atoms with Crippen LogP contribution in [0.15, 0.2) is 18.2 Å². The average molecular weight is 282 g/mol. The van der Waals surface area contributed by atoms with Crippen LogP contribution in [0.5, 0.6) is 5.75 Å². The molecule has 2 unspecified atom stereocenters. The van der Waals surface area contributed by atoms with Crippen LogP contribution in [0.1, 0.15) is 40.0 Å². The van der Waals surface area contributed by atoms with E-state index in [2.05, 4.69) is 26.1 Å². The van der Waals surface area contributed by atoms with Gasteiger partial charge in [-0.3, -0.25) is 0 Å². The molecule has 0 aliphatic heterocycles. The monoisotopic (exact) mass is 281 g/mol. The molecule has 0 heterocycles. The van der Waals surface area contributed by atoms with Crippen molar-refractivity contribution >= 4 is 17.3 Å². The Bertz CT molecular complexity index is 444. The van der Waals surface area contributed by atoms with Gasteiger partial charge in [0.1, 0.15) is 5.75 Å². The smallest absolute Gasteiger partial charge is 0.139 e. The fourth-order valence-electron chi connectivity index (χ4n) is 3.44. The van der Waals surface area contributed by atoms with E-state index in [4.69, 9.17) is 16.3 Å². The van der Waals surface area contributed by atoms with E-state index >= 15 is 0 Å². The molecule has 1 saturated carbocycles. The van der Waals surface area contributed by atoms with Crippen molar-refractivity contribution in [2.45, 2.75) is 46.1 Å². The molecule has 3 heteroatoms. The number of ether oxygens (including phenoxy) is 1. The fraction of sp³-hybridized carbons (Fsp3) is 0.625. The number of rotatable bonds is 3. The van der Waals surface area contributed by atoms with Crippen LogP contribution >= 0.6 is 11.6 Å². The first-order valence-corrected chi connectivity index (χ1v) is 7.37. The number of anilines is 1. The van der Waals surface area contributed by atoms with Gasteiger partial charge in [-0.25, -0.2) is 0 Å². The van der Waals surface area contributed by atoms with Gasteiger partial charge in [0.05, 0.1) is 12.1 Å². The summed E-state index contributed by atoms with van der Waals surface area (Å²) in [6, 6.07) is 6.43. The third-order valence-corrected chi connectivity index (χ3v) is 4.22. The Labute approximate surface area is 121 Å². The van der Waals surface area contributed by atoms with Crippen LogP contribution in [0.2, 0.25) is 5.02 Å². The van der Waals surface area contributed by atoms with Gasteiger partial charge >= 0.3 is 0 Å². The molecule has 2 atom stereocenters. The first-order chi connectivity index (χ1) is 8.89. The van der Waals surface area contributed by atoms with E-state index in [9.17, 15) is 0 Å². The van der Waals surface area contributed by atoms with Crippen LogP contribution in [-0.2, 0) is 0 Å². The Hall–Kier alpha value is -0.890. The summed E-state index contributed by atoms with van der Waals surface area (Å²) in [6.45, 7) is 7.07. The van der Waals surface area contributed by atoms with E-state index in [0.717, 1.165) is 17.4 Å². The highest BCUT2D eigenvalue weighted by atomic mass is 35.5. The molecule has 1 aliphatic carbocycles. The SMILES string of the molecule is COc1cc(NC2CC(C)CC(C)(C)C2)ccc1Cl. The first-order valence-electron chi connectivity index (χ1n) is 7.00. The Morgan fingerprint density at radius 2 is 2.05 bits per heavy atom. The van der Waals surface area contributed by atoms with Crippen LogP contribution in [0.4, 0.5) is 5.69 Å². The Morgan fingerprint density at radius 1 is 1.32 bits per heavy atom. The topological polar surface area (TPSA) is 21.3 Å². The summed E-state index contributed by atoms with van der Waals surface area (Å²) in [7, 11) is 1.65. The zero-order valence-corrected chi connectivity index (χ0v) is 13.1. The zero-order valence-electron chi connectivity index (χ0n) is 12.3. The third-order valence-electron chi connectivity index (χ3n) is 3.91. The van der Waals surface area contributed by atoms with E-state index < -0.39 is 0 Å². The number of halogens is 1. The average Bonchev–Trinajstić information content (AvgIpc) is 2.29. The maximum absolute atomic E-state index is 6.05. The van der Waals surface area contributed by atoms with Crippen molar-refractivity contribution in [1.82, 2.24) is 0 Å². The molecule has 0 aromatic heterocycles. The molecule has 1 aromatic carbocycles. The van der Waals surface area contributed by atoms with Crippen molar-refractivity contribution in [3.8, 4) is 5.75 Å². The van der Waals surface area contributed by atoms with Gasteiger partial charge in [0.2, 0.25) is 0 Å². The van der Waals surface area contributed by atoms with Gasteiger partial charge < -0.3 is 10.1 Å². The minimum absolute atomic E-state index is 0.422. The van der Waals surface area contributed by atoms with Crippen molar-refractivity contribution in [1.29, 1.82) is 0 Å². The second kappa shape index (κ2) is 5.62. The van der Waals surface area contributed by atoms with Gasteiger partial charge in [0.15, 0.2) is 0 Å². The minimum atomic E-state index is 0.422. The Kier molecular flexibility index (Phi) is 4.29. The second-order valence-electron chi connectivity index (χ2n) is 6.60. The quantitative estimate of drug-likeness (QED) is 0.844. The molecule has 2 rings (SSSR count). The molecule has 2 nitrogen and oxygen atoms in total. The highest BCUT2D eigenvalue weighted by Gasteiger charge is 2.31. The van der Waals surface area contributed by atoms with Crippen LogP contribution in [0.3, 0.4) is 0 Å². The second-order valence-corrected chi connectivity index (χ2v) is 7.01. The third kappa shape index (κ3) is 3.79. The molecular weight excluding hydrogens is 258 g/mol. The van der Waals surface area contributed by atoms with Crippen molar-refractivity contribution in [3.05, 3.63) is 23.2 Å². The fourth-order valence-corrected chi connectivity index (χ4v) is 3.64. The van der Waals surface area contributed by atoms with Crippen molar-refractivity contribution < 1.29 is 4.74 Å². The molecule has 0 saturated heterocycles. The maximum Gasteiger partial charge on any atom is 0.139 e. The lowest BCUT2D eigenvalue weighted by atomic mass is 9.70. The lowest BCUT2D eigenvalue weighted by Crippen LogP contribution is -2.35. The molecule has 1 fully saturated rings. The lowest BCUT2D eigenvalue weighted by Gasteiger charge is -2.39. The molecular formula is C16H24ClNO. The van der Waals surface area contributed by atoms with Crippen LogP contribution in [0.25, 0.3) is 0 Å². The molecule has 106 valence electrons. The van der Waals surface area contributed by atoms with Gasteiger partial charge in [-0.1, -0.05) is 32.4 Å². The largest absolute Gasteiger partial charge is 0.495 e. The summed E-state index contributed by atoms with van der Waals surface area (Å²) < 4.78 is 5.26. The normalized spacial score (nSPS) is 25.9. The lowest BCUT2D eigenvalue weighted by molar-refractivity contribution is 0.178. The highest BCUT2D eigenvalue weighted by Crippen LogP contribution is 2.40. The van der Waals surface area contributed by atoms with Gasteiger partial charge in [-0.15, -0.1) is 0 Å². The molecule has 0 spiro atoms. The van der Waals surface area contributed by atoms with Crippen molar-refractivity contribution in [3.63, 3.8) is 0 Å². The molecule has 1 aromatic rings. The van der Waals surface area contributed by atoms with E-state index in [1.807, 2.05) is 18.2 Å². The molecule has 1 N–H and O–H groups in total. The molecule has 1 aliphatic rings. The van der Waals surface area contributed by atoms with Gasteiger partial charge in [0.25, 0.3) is 0 Å². The number of benzene rings is 1. The molecule has 0 amide bonds. The predicted octanol–water partition coefficient (Wildman–Crippen LogP) is 4.98. The number of nitrogens with one attached hydrogen (secondary N) is 1. The van der Waals surface area contributed by atoms with E-state index in [-0.39, 0.29) is 0 Å². The number of methoxy groups -OCH3 is 1. The summed E-state index contributed by atoms with van der Waals surface area (Å²) in [5.74, 6) is 1.50. The first kappa shape index (κ1) is 14.5. The minimum Gasteiger partial charge on any atom is -0.495 e. The summed E-state index contributed by atoms with van der Waals surface area (Å²) in [5.41, 5.74) is 1.52. The van der Waals surface area contributed by atoms with E-state index in [0.29, 0.717) is 16.5 Å². The Morgan fingerprint density at radius 3 is 2.68 bits per heavy atom. The zero-order chi connectivity index (χ0) is 14.0. The van der Waals surface area contributed by atoms with Crippen LogP contribution in [-0.4, -0.2) is 13.2 Å². The number of hydrogen-bond donors (Lipinski definition) is 1. The molecule has 0 bridgehead atoms. The molecule has 19 heavy (non-hydrogen) atoms. The van der Waals surface area contributed by atoms with Crippen molar-refractivity contribution in [2.75, 3.05) is 12.4 Å². The van der Waals surface area contributed by atoms with Crippen LogP contribution < -0.4 is 10.1 Å². The highest BCUT2D eigenvalue weighted by molar-refractivity contribution is 6.32. The summed E-state index contributed by atoms with van der Waals surface area (Å²) in [6.07, 6.45) is 3.76. The summed E-state index contributed by atoms with van der Waals surface area (Å²) >= 11 is 6.05. The van der Waals surface area contributed by atoms with Gasteiger partial charge in [0, 0.05) is 17.8 Å². The summed E-state index contributed by atoms with van der Waals surface area (Å²) in [5, 5.41) is 4.29. The summed E-state index contributed by atoms with van der Waals surface area (Å²) in [4.78, 5) is 0. The van der Waals surface area contributed by atoms with Crippen LogP contribution in [0, 0.1) is 11.3 Å². The van der Waals surface area contributed by atoms with Gasteiger partial charge in [-0.2, -0.15) is 0 Å². The van der Waals surface area contributed by atoms with Gasteiger partial charge in [-0.05, 0) is 42.7 Å². The standard InChI is InChI=1S/C16H24ClNO/c1-11-7-13(10-16(2,3)9-11)18-12-5-6-14(17)15(8-12)19-4/h5-6,8,11,13,18H,7,9-10H2,1-4H3. The van der Waals surface area contributed by atoms with E-state index in [1.54, 1.807) is 7.11 Å². The van der Waals surface area contributed by atoms with E-state index in [1.165, 1.54) is 19.3 Å². The number of hydrogen-bond acceptors (Lipinski definition) is 2. The maximum atomic E-state index is 6.05. The predicted molar refractivity (Wildman–Crippen MR) is 82.2 cm³/mol. The van der Waals surface area contributed by atoms with Crippen molar-refractivity contribution in [2.24, 2.45) is 11.3 Å². The Balaban J connectivity index is 2.08.